The van der Waals surface area contributed by atoms with Gasteiger partial charge in [-0.1, -0.05) is 18.2 Å². The SMILES string of the molecule is Cc1cc(-c2ccccc2)[o+]c2cc(N(C)C)ccc12. The summed E-state index contributed by atoms with van der Waals surface area (Å²) in [7, 11) is 4.07. The van der Waals surface area contributed by atoms with E-state index >= 15 is 0 Å². The minimum Gasteiger partial charge on any atom is -0.377 e. The van der Waals surface area contributed by atoms with Crippen LogP contribution in [0.5, 0.6) is 0 Å². The van der Waals surface area contributed by atoms with Crippen LogP contribution in [0.15, 0.2) is 59.0 Å². The minimum absolute atomic E-state index is 0.909. The highest BCUT2D eigenvalue weighted by Crippen LogP contribution is 2.29. The fraction of sp³-hybridized carbons (Fsp3) is 0.167. The fourth-order valence-corrected chi connectivity index (χ4v) is 2.37. The lowest BCUT2D eigenvalue weighted by Crippen LogP contribution is -2.08. The number of aryl methyl sites for hydroxylation is 1. The van der Waals surface area contributed by atoms with Gasteiger partial charge in [0.05, 0.1) is 17.0 Å². The Bertz CT molecular complexity index is 748. The summed E-state index contributed by atoms with van der Waals surface area (Å²) in [5.74, 6) is 0.909. The number of hydrogen-bond acceptors (Lipinski definition) is 1. The average molecular weight is 264 g/mol. The van der Waals surface area contributed by atoms with Gasteiger partial charge in [-0.25, -0.2) is 4.42 Å². The molecule has 3 rings (SSSR count). The highest BCUT2D eigenvalue weighted by molar-refractivity contribution is 5.85. The molecule has 3 aromatic rings. The van der Waals surface area contributed by atoms with Crippen molar-refractivity contribution < 1.29 is 4.42 Å². The molecule has 0 aliphatic heterocycles. The first-order valence-electron chi connectivity index (χ1n) is 6.75. The Balaban J connectivity index is 2.21. The molecule has 0 bridgehead atoms. The van der Waals surface area contributed by atoms with E-state index in [2.05, 4.69) is 48.2 Å². The summed E-state index contributed by atoms with van der Waals surface area (Å²) in [5.41, 5.74) is 4.41. The molecule has 0 unspecified atom stereocenters. The van der Waals surface area contributed by atoms with E-state index in [-0.39, 0.29) is 0 Å². The van der Waals surface area contributed by atoms with Gasteiger partial charge in [-0.2, -0.15) is 0 Å². The van der Waals surface area contributed by atoms with Crippen LogP contribution < -0.4 is 4.90 Å². The van der Waals surface area contributed by atoms with Crippen LogP contribution in [0.4, 0.5) is 5.69 Å². The van der Waals surface area contributed by atoms with Gasteiger partial charge in [-0.3, -0.25) is 0 Å². The van der Waals surface area contributed by atoms with Crippen molar-refractivity contribution in [2.24, 2.45) is 0 Å². The van der Waals surface area contributed by atoms with E-state index in [1.807, 2.05) is 32.3 Å². The highest BCUT2D eigenvalue weighted by Gasteiger charge is 2.17. The Kier molecular flexibility index (Phi) is 3.15. The maximum Gasteiger partial charge on any atom is 0.363 e. The second kappa shape index (κ2) is 4.97. The number of fused-ring (bicyclic) bond motifs is 1. The second-order valence-corrected chi connectivity index (χ2v) is 5.23. The normalized spacial score (nSPS) is 10.8. The Morgan fingerprint density at radius 2 is 1.65 bits per heavy atom. The van der Waals surface area contributed by atoms with Crippen molar-refractivity contribution in [1.82, 2.24) is 0 Å². The molecular formula is C18H18NO+. The van der Waals surface area contributed by atoms with Gasteiger partial charge in [-0.15, -0.1) is 0 Å². The summed E-state index contributed by atoms with van der Waals surface area (Å²) >= 11 is 0. The molecule has 2 nitrogen and oxygen atoms in total. The van der Waals surface area contributed by atoms with Crippen molar-refractivity contribution in [3.05, 3.63) is 60.2 Å². The first kappa shape index (κ1) is 12.7. The topological polar surface area (TPSA) is 14.5 Å². The molecule has 0 spiro atoms. The summed E-state index contributed by atoms with van der Waals surface area (Å²) in [6.07, 6.45) is 0. The summed E-state index contributed by atoms with van der Waals surface area (Å²) < 4.78 is 6.09. The van der Waals surface area contributed by atoms with E-state index < -0.39 is 0 Å². The molecule has 0 radical (unpaired) electrons. The van der Waals surface area contributed by atoms with Gasteiger partial charge >= 0.3 is 11.3 Å². The Morgan fingerprint density at radius 3 is 2.35 bits per heavy atom. The van der Waals surface area contributed by atoms with E-state index in [4.69, 9.17) is 4.42 Å². The monoisotopic (exact) mass is 264 g/mol. The van der Waals surface area contributed by atoms with Crippen LogP contribution in [0, 0.1) is 6.92 Å². The molecule has 0 atom stereocenters. The van der Waals surface area contributed by atoms with Crippen molar-refractivity contribution >= 4 is 16.7 Å². The quantitative estimate of drug-likeness (QED) is 0.620. The number of rotatable bonds is 2. The third-order valence-corrected chi connectivity index (χ3v) is 3.53. The molecule has 0 amide bonds. The van der Waals surface area contributed by atoms with E-state index in [0.717, 1.165) is 28.0 Å². The summed E-state index contributed by atoms with van der Waals surface area (Å²) in [6.45, 7) is 2.12. The lowest BCUT2D eigenvalue weighted by atomic mass is 10.1. The number of benzene rings is 2. The molecule has 0 saturated heterocycles. The van der Waals surface area contributed by atoms with Crippen LogP contribution in [-0.2, 0) is 0 Å². The molecule has 0 aliphatic rings. The molecule has 2 heteroatoms. The lowest BCUT2D eigenvalue weighted by molar-refractivity contribution is 0.619. The molecular weight excluding hydrogens is 246 g/mol. The molecule has 20 heavy (non-hydrogen) atoms. The third-order valence-electron chi connectivity index (χ3n) is 3.53. The van der Waals surface area contributed by atoms with Crippen molar-refractivity contribution in [3.63, 3.8) is 0 Å². The van der Waals surface area contributed by atoms with Crippen molar-refractivity contribution in [3.8, 4) is 11.3 Å². The summed E-state index contributed by atoms with van der Waals surface area (Å²) in [6, 6.07) is 18.6. The molecule has 0 saturated carbocycles. The van der Waals surface area contributed by atoms with Gasteiger partial charge < -0.3 is 4.90 Å². The first-order valence-corrected chi connectivity index (χ1v) is 6.75. The summed E-state index contributed by atoms with van der Waals surface area (Å²) in [4.78, 5) is 2.08. The fourth-order valence-electron chi connectivity index (χ4n) is 2.37. The third kappa shape index (κ3) is 2.25. The molecule has 0 fully saturated rings. The Labute approximate surface area is 119 Å². The number of anilines is 1. The largest absolute Gasteiger partial charge is 0.377 e. The predicted molar refractivity (Wildman–Crippen MR) is 85.1 cm³/mol. The molecule has 100 valence electrons. The van der Waals surface area contributed by atoms with Gasteiger partial charge in [0.15, 0.2) is 0 Å². The van der Waals surface area contributed by atoms with Crippen molar-refractivity contribution in [2.75, 3.05) is 19.0 Å². The van der Waals surface area contributed by atoms with Gasteiger partial charge in [0.1, 0.15) is 0 Å². The zero-order valence-corrected chi connectivity index (χ0v) is 12.1. The predicted octanol–water partition coefficient (Wildman–Crippen LogP) is 4.76. The maximum atomic E-state index is 6.09. The summed E-state index contributed by atoms with van der Waals surface area (Å²) in [5, 5.41) is 1.16. The van der Waals surface area contributed by atoms with Crippen LogP contribution in [-0.4, -0.2) is 14.1 Å². The molecule has 0 aliphatic carbocycles. The number of nitrogens with zero attached hydrogens (tertiary/aromatic N) is 1. The van der Waals surface area contributed by atoms with E-state index in [9.17, 15) is 0 Å². The van der Waals surface area contributed by atoms with E-state index in [1.54, 1.807) is 0 Å². The van der Waals surface area contributed by atoms with Crippen LogP contribution in [0.25, 0.3) is 22.3 Å². The smallest absolute Gasteiger partial charge is 0.363 e. The molecule has 0 N–H and O–H groups in total. The average Bonchev–Trinajstić information content (AvgIpc) is 2.47. The Hall–Kier alpha value is -2.35. The van der Waals surface area contributed by atoms with Gasteiger partial charge in [0.2, 0.25) is 0 Å². The van der Waals surface area contributed by atoms with Crippen LogP contribution in [0.1, 0.15) is 5.56 Å². The van der Waals surface area contributed by atoms with Crippen LogP contribution in [0.3, 0.4) is 0 Å². The van der Waals surface area contributed by atoms with Gasteiger partial charge in [-0.05, 0) is 36.8 Å². The standard InChI is InChI=1S/C18H18NO/c1-13-11-17(14-7-5-4-6-8-14)20-18-12-15(19(2)3)9-10-16(13)18/h4-12H,1-3H3/q+1. The lowest BCUT2D eigenvalue weighted by Gasteiger charge is -2.10. The van der Waals surface area contributed by atoms with Crippen LogP contribution in [0.2, 0.25) is 0 Å². The van der Waals surface area contributed by atoms with Crippen LogP contribution >= 0.6 is 0 Å². The zero-order valence-electron chi connectivity index (χ0n) is 12.1. The van der Waals surface area contributed by atoms with Gasteiger partial charge in [0.25, 0.3) is 0 Å². The van der Waals surface area contributed by atoms with Gasteiger partial charge in [0, 0.05) is 25.8 Å². The number of hydrogen-bond donors (Lipinski definition) is 0. The molecule has 1 aromatic heterocycles. The van der Waals surface area contributed by atoms with E-state index in [0.29, 0.717) is 0 Å². The van der Waals surface area contributed by atoms with E-state index in [1.165, 1.54) is 5.56 Å². The maximum absolute atomic E-state index is 6.09. The van der Waals surface area contributed by atoms with Crippen molar-refractivity contribution in [2.45, 2.75) is 6.92 Å². The first-order chi connectivity index (χ1) is 9.65. The molecule has 2 aromatic carbocycles. The van der Waals surface area contributed by atoms with Crippen molar-refractivity contribution in [1.29, 1.82) is 0 Å². The minimum atomic E-state index is 0.909. The second-order valence-electron chi connectivity index (χ2n) is 5.23. The highest BCUT2D eigenvalue weighted by atomic mass is 16.3. The Morgan fingerprint density at radius 1 is 0.900 bits per heavy atom. The molecule has 1 heterocycles. The zero-order chi connectivity index (χ0) is 14.1.